The molecule has 1 fully saturated rings. The molecule has 0 bridgehead atoms. The summed E-state index contributed by atoms with van der Waals surface area (Å²) >= 11 is 12.1. The molecule has 2 atom stereocenters. The zero-order valence-electron chi connectivity index (χ0n) is 15.4. The zero-order chi connectivity index (χ0) is 20.6. The molecule has 1 aromatic rings. The second kappa shape index (κ2) is 7.93. The molecule has 2 aliphatic heterocycles. The number of ether oxygens (including phenoxy) is 1. The van der Waals surface area contributed by atoms with Crippen molar-refractivity contribution in [2.24, 2.45) is 0 Å². The highest BCUT2D eigenvalue weighted by Gasteiger charge is 2.42. The van der Waals surface area contributed by atoms with E-state index in [2.05, 4.69) is 5.32 Å². The predicted molar refractivity (Wildman–Crippen MR) is 106 cm³/mol. The molecule has 2 amide bonds. The average molecular weight is 447 g/mol. The van der Waals surface area contributed by atoms with Crippen LogP contribution in [0, 0.1) is 0 Å². The van der Waals surface area contributed by atoms with Gasteiger partial charge in [0.05, 0.1) is 45.8 Å². The maximum Gasteiger partial charge on any atom is 0.338 e. The van der Waals surface area contributed by atoms with Gasteiger partial charge < -0.3 is 10.1 Å². The summed E-state index contributed by atoms with van der Waals surface area (Å²) in [5.74, 6) is -0.702. The monoisotopic (exact) mass is 446 g/mol. The van der Waals surface area contributed by atoms with Crippen LogP contribution in [0.15, 0.2) is 29.5 Å². The number of benzene rings is 1. The number of carbonyl (C=O) groups excluding carboxylic acids is 2. The van der Waals surface area contributed by atoms with Crippen molar-refractivity contribution in [3.8, 4) is 0 Å². The largest absolute Gasteiger partial charge is 0.463 e. The van der Waals surface area contributed by atoms with Gasteiger partial charge in [0.25, 0.3) is 0 Å². The van der Waals surface area contributed by atoms with Crippen LogP contribution in [0.4, 0.5) is 4.79 Å². The highest BCUT2D eigenvalue weighted by Crippen LogP contribution is 2.36. The van der Waals surface area contributed by atoms with Crippen LogP contribution >= 0.6 is 23.2 Å². The lowest BCUT2D eigenvalue weighted by atomic mass is 9.94. The van der Waals surface area contributed by atoms with Gasteiger partial charge in [0.2, 0.25) is 0 Å². The summed E-state index contributed by atoms with van der Waals surface area (Å²) in [7, 11) is -3.21. The van der Waals surface area contributed by atoms with E-state index in [1.807, 2.05) is 0 Å². The summed E-state index contributed by atoms with van der Waals surface area (Å²) < 4.78 is 28.9. The molecule has 10 heteroatoms. The Labute approximate surface area is 173 Å². The van der Waals surface area contributed by atoms with Gasteiger partial charge in [-0.15, -0.1) is 0 Å². The molecule has 3 rings (SSSR count). The summed E-state index contributed by atoms with van der Waals surface area (Å²) in [6, 6.07) is 3.06. The minimum Gasteiger partial charge on any atom is -0.463 e. The van der Waals surface area contributed by atoms with E-state index < -0.39 is 33.9 Å². The quantitative estimate of drug-likeness (QED) is 0.717. The van der Waals surface area contributed by atoms with Crippen LogP contribution < -0.4 is 5.32 Å². The molecule has 0 spiro atoms. The van der Waals surface area contributed by atoms with Crippen LogP contribution in [0.25, 0.3) is 0 Å². The molecule has 7 nitrogen and oxygen atoms in total. The molecule has 1 saturated heterocycles. The number of hydrogen-bond acceptors (Lipinski definition) is 5. The summed E-state index contributed by atoms with van der Waals surface area (Å²) in [5.41, 5.74) is 1.19. The van der Waals surface area contributed by atoms with Crippen LogP contribution in [0.5, 0.6) is 0 Å². The lowest BCUT2D eigenvalue weighted by Gasteiger charge is -2.38. The lowest BCUT2D eigenvalue weighted by molar-refractivity contribution is -0.139. The average Bonchev–Trinajstić information content (AvgIpc) is 2.96. The number of hydrogen-bond donors (Lipinski definition) is 1. The fraction of sp³-hybridized carbons (Fsp3) is 0.444. The van der Waals surface area contributed by atoms with Gasteiger partial charge in [-0.25, -0.2) is 18.0 Å². The highest BCUT2D eigenvalue weighted by molar-refractivity contribution is 7.91. The Kier molecular flexibility index (Phi) is 5.93. The Morgan fingerprint density at radius 1 is 1.32 bits per heavy atom. The Balaban J connectivity index is 2.07. The fourth-order valence-electron chi connectivity index (χ4n) is 3.59. The third-order valence-corrected chi connectivity index (χ3v) is 7.36. The molecule has 152 valence electrons. The number of urea groups is 1. The van der Waals surface area contributed by atoms with Gasteiger partial charge in [0, 0.05) is 5.70 Å². The molecular weight excluding hydrogens is 427 g/mol. The molecule has 1 N–H and O–H groups in total. The number of nitrogens with zero attached hydrogens (tertiary/aromatic N) is 1. The Morgan fingerprint density at radius 2 is 2.04 bits per heavy atom. The SMILES string of the molecule is CCOC(=O)C1=C(C)N(C2CCS(=O)(=O)C2)C(=O)NC1c1ccc(Cl)c(Cl)c1. The topological polar surface area (TPSA) is 92.8 Å². The van der Waals surface area contributed by atoms with Crippen LogP contribution in [-0.2, 0) is 19.4 Å². The van der Waals surface area contributed by atoms with E-state index >= 15 is 0 Å². The number of nitrogens with one attached hydrogen (secondary N) is 1. The van der Waals surface area contributed by atoms with Crippen molar-refractivity contribution in [1.82, 2.24) is 10.2 Å². The Hall–Kier alpha value is -1.77. The first kappa shape index (κ1) is 21.0. The van der Waals surface area contributed by atoms with Gasteiger partial charge in [0.1, 0.15) is 0 Å². The summed E-state index contributed by atoms with van der Waals surface area (Å²) in [6.45, 7) is 3.47. The molecule has 2 heterocycles. The molecule has 2 aliphatic rings. The summed E-state index contributed by atoms with van der Waals surface area (Å²) in [6.07, 6.45) is 0.320. The first-order valence-corrected chi connectivity index (χ1v) is 11.4. The normalized spacial score (nSPS) is 24.3. The van der Waals surface area contributed by atoms with E-state index in [1.54, 1.807) is 32.0 Å². The van der Waals surface area contributed by atoms with Crippen molar-refractivity contribution in [3.05, 3.63) is 45.1 Å². The number of allylic oxidation sites excluding steroid dienone is 1. The summed E-state index contributed by atoms with van der Waals surface area (Å²) in [4.78, 5) is 26.9. The molecule has 1 aromatic carbocycles. The Bertz CT molecular complexity index is 961. The summed E-state index contributed by atoms with van der Waals surface area (Å²) in [5, 5.41) is 3.43. The van der Waals surface area contributed by atoms with Crippen molar-refractivity contribution in [2.45, 2.75) is 32.4 Å². The van der Waals surface area contributed by atoms with E-state index in [1.165, 1.54) is 4.90 Å². The Morgan fingerprint density at radius 3 is 2.61 bits per heavy atom. The fourth-order valence-corrected chi connectivity index (χ4v) is 5.60. The highest BCUT2D eigenvalue weighted by atomic mass is 35.5. The first-order valence-electron chi connectivity index (χ1n) is 8.77. The maximum atomic E-state index is 12.8. The standard InChI is InChI=1S/C18H20Cl2N2O5S/c1-3-27-17(23)15-10(2)22(12-6-7-28(25,26)9-12)18(24)21-16(15)11-4-5-13(19)14(20)8-11/h4-5,8,12,16H,3,6-7,9H2,1-2H3,(H,21,24). The van der Waals surface area contributed by atoms with Crippen molar-refractivity contribution in [1.29, 1.82) is 0 Å². The number of rotatable bonds is 4. The third kappa shape index (κ3) is 3.99. The van der Waals surface area contributed by atoms with Gasteiger partial charge in [-0.05, 0) is 38.0 Å². The number of halogens is 2. The van der Waals surface area contributed by atoms with Crippen LogP contribution in [0.3, 0.4) is 0 Å². The smallest absolute Gasteiger partial charge is 0.338 e. The number of carbonyl (C=O) groups is 2. The molecular formula is C18H20Cl2N2O5S. The second-order valence-electron chi connectivity index (χ2n) is 6.70. The molecule has 28 heavy (non-hydrogen) atoms. The molecule has 0 aliphatic carbocycles. The van der Waals surface area contributed by atoms with E-state index in [0.29, 0.717) is 27.7 Å². The van der Waals surface area contributed by atoms with Gasteiger partial charge in [0.15, 0.2) is 9.84 Å². The number of esters is 1. The van der Waals surface area contributed by atoms with Crippen molar-refractivity contribution in [2.75, 3.05) is 18.1 Å². The van der Waals surface area contributed by atoms with E-state index in [0.717, 1.165) is 0 Å². The lowest BCUT2D eigenvalue weighted by Crippen LogP contribution is -2.52. The second-order valence-corrected chi connectivity index (χ2v) is 9.75. The molecule has 2 unspecified atom stereocenters. The van der Waals surface area contributed by atoms with Gasteiger partial charge in [-0.3, -0.25) is 4.90 Å². The maximum absolute atomic E-state index is 12.8. The van der Waals surface area contributed by atoms with Crippen molar-refractivity contribution >= 4 is 45.0 Å². The van der Waals surface area contributed by atoms with E-state index in [4.69, 9.17) is 27.9 Å². The minimum absolute atomic E-state index is 0.0136. The number of amides is 2. The van der Waals surface area contributed by atoms with E-state index in [9.17, 15) is 18.0 Å². The van der Waals surface area contributed by atoms with Crippen molar-refractivity contribution in [3.63, 3.8) is 0 Å². The van der Waals surface area contributed by atoms with Gasteiger partial charge in [-0.1, -0.05) is 29.3 Å². The molecule has 0 aromatic heterocycles. The number of sulfone groups is 1. The van der Waals surface area contributed by atoms with Crippen molar-refractivity contribution < 1.29 is 22.7 Å². The predicted octanol–water partition coefficient (Wildman–Crippen LogP) is 3.08. The van der Waals surface area contributed by atoms with Gasteiger partial charge in [-0.2, -0.15) is 0 Å². The van der Waals surface area contributed by atoms with Crippen LogP contribution in [0.1, 0.15) is 31.9 Å². The van der Waals surface area contributed by atoms with E-state index in [-0.39, 0.29) is 23.7 Å². The minimum atomic E-state index is -3.21. The third-order valence-electron chi connectivity index (χ3n) is 4.87. The molecule has 0 radical (unpaired) electrons. The first-order chi connectivity index (χ1) is 13.1. The van der Waals surface area contributed by atoms with Crippen LogP contribution in [-0.4, -0.2) is 49.5 Å². The van der Waals surface area contributed by atoms with Gasteiger partial charge >= 0.3 is 12.0 Å². The molecule has 0 saturated carbocycles. The zero-order valence-corrected chi connectivity index (χ0v) is 17.7. The van der Waals surface area contributed by atoms with Crippen LogP contribution in [0.2, 0.25) is 10.0 Å².